The van der Waals surface area contributed by atoms with Gasteiger partial charge >= 0.3 is 15.1 Å². The summed E-state index contributed by atoms with van der Waals surface area (Å²) in [5.74, 6) is -2.54. The van der Waals surface area contributed by atoms with Crippen molar-refractivity contribution >= 4 is 51.3 Å². The highest BCUT2D eigenvalue weighted by Gasteiger charge is 2.48. The van der Waals surface area contributed by atoms with Gasteiger partial charge in [0, 0.05) is 18.2 Å². The average Bonchev–Trinajstić information content (AvgIpc) is 2.87. The van der Waals surface area contributed by atoms with Crippen molar-refractivity contribution in [3.8, 4) is 17.2 Å². The standard InChI is InChI=1S/3C9H8O3.Al/c3*10-8-4-1-7(2-5-8)3-6-9(11)12;/h3*1-6,10H,(H,11,12);/q;;;+3/p-3. The van der Waals surface area contributed by atoms with Crippen LogP contribution in [0.15, 0.2) is 91.0 Å². The summed E-state index contributed by atoms with van der Waals surface area (Å²) in [7, 11) is 0. The van der Waals surface area contributed by atoms with E-state index in [0.29, 0.717) is 16.7 Å². The van der Waals surface area contributed by atoms with Crippen LogP contribution in [0.2, 0.25) is 0 Å². The quantitative estimate of drug-likeness (QED) is 0.286. The largest absolute Gasteiger partial charge is 1.20 e. The summed E-state index contributed by atoms with van der Waals surface area (Å²) in [6.45, 7) is 0. The van der Waals surface area contributed by atoms with Gasteiger partial charge in [-0.3, -0.25) is 14.4 Å². The van der Waals surface area contributed by atoms with E-state index in [4.69, 9.17) is 11.4 Å². The lowest BCUT2D eigenvalue weighted by Crippen LogP contribution is -2.33. The van der Waals surface area contributed by atoms with Crippen LogP contribution in [-0.2, 0) is 25.7 Å². The second-order valence-electron chi connectivity index (χ2n) is 7.37. The van der Waals surface area contributed by atoms with Crippen LogP contribution in [0.25, 0.3) is 18.2 Å². The summed E-state index contributed by atoms with van der Waals surface area (Å²) < 4.78 is 15.3. The fraction of sp³-hybridized carbons (Fsp3) is 0. The molecule has 0 radical (unpaired) electrons. The van der Waals surface area contributed by atoms with E-state index in [1.807, 2.05) is 0 Å². The number of rotatable bonds is 9. The Labute approximate surface area is 217 Å². The van der Waals surface area contributed by atoms with E-state index in [-0.39, 0.29) is 17.2 Å². The predicted molar refractivity (Wildman–Crippen MR) is 135 cm³/mol. The first kappa shape index (κ1) is 26.8. The molecule has 0 heterocycles. The number of benzene rings is 3. The second-order valence-corrected chi connectivity index (χ2v) is 8.66. The highest BCUT2D eigenvalue weighted by molar-refractivity contribution is 6.45. The van der Waals surface area contributed by atoms with E-state index in [2.05, 4.69) is 0 Å². The van der Waals surface area contributed by atoms with Crippen LogP contribution >= 0.6 is 0 Å². The van der Waals surface area contributed by atoms with E-state index in [1.54, 1.807) is 36.4 Å². The third kappa shape index (κ3) is 9.78. The Morgan fingerprint density at radius 1 is 0.486 bits per heavy atom. The molecule has 0 fully saturated rings. The molecule has 0 spiro atoms. The van der Waals surface area contributed by atoms with Crippen molar-refractivity contribution in [3.63, 3.8) is 0 Å². The lowest BCUT2D eigenvalue weighted by atomic mass is 10.2. The van der Waals surface area contributed by atoms with E-state index < -0.39 is 33.1 Å². The van der Waals surface area contributed by atoms with Crippen LogP contribution in [0, 0.1) is 0 Å². The molecule has 0 amide bonds. The zero-order chi connectivity index (χ0) is 26.6. The molecule has 0 atom stereocenters. The first-order valence-electron chi connectivity index (χ1n) is 10.8. The molecule has 3 N–H and O–H groups in total. The number of phenolic OH excluding ortho intramolecular Hbond substituents is 3. The third-order valence-corrected chi connectivity index (χ3v) is 5.83. The molecule has 3 aromatic rings. The topological polar surface area (TPSA) is 140 Å². The number of hydrogen-bond donors (Lipinski definition) is 3. The molecule has 10 heteroatoms. The van der Waals surface area contributed by atoms with Crippen LogP contribution in [0.1, 0.15) is 16.7 Å². The molecular formula is C27H21AlO9. The van der Waals surface area contributed by atoms with Crippen LogP contribution in [0.4, 0.5) is 0 Å². The number of carbonyl (C=O) groups excluding carboxylic acids is 3. The van der Waals surface area contributed by atoms with Gasteiger partial charge in [0.2, 0.25) is 0 Å². The molecule has 3 aromatic carbocycles. The van der Waals surface area contributed by atoms with Crippen LogP contribution in [-0.4, -0.2) is 48.4 Å². The van der Waals surface area contributed by atoms with E-state index in [1.165, 1.54) is 54.6 Å². The SMILES string of the molecule is O=C(C=Cc1ccc(O)cc1)[O][Al]([O]C(=O)C=Cc1ccc(O)cc1)[O]C(=O)C=Cc1ccc(O)cc1. The summed E-state index contributed by atoms with van der Waals surface area (Å²) in [6, 6.07) is 18.0. The number of hydrogen-bond acceptors (Lipinski definition) is 9. The molecule has 9 nitrogen and oxygen atoms in total. The van der Waals surface area contributed by atoms with Gasteiger partial charge in [-0.2, -0.15) is 0 Å². The van der Waals surface area contributed by atoms with Gasteiger partial charge < -0.3 is 26.7 Å². The lowest BCUT2D eigenvalue weighted by molar-refractivity contribution is -0.141. The first-order valence-corrected chi connectivity index (χ1v) is 12.2. The first-order chi connectivity index (χ1) is 17.8. The highest BCUT2D eigenvalue weighted by atomic mass is 27.3. The van der Waals surface area contributed by atoms with Gasteiger partial charge in [0.1, 0.15) is 17.2 Å². The number of aromatic hydroxyl groups is 3. The molecule has 0 unspecified atom stereocenters. The maximum atomic E-state index is 12.3. The van der Waals surface area contributed by atoms with E-state index >= 15 is 0 Å². The lowest BCUT2D eigenvalue weighted by Gasteiger charge is -2.10. The minimum absolute atomic E-state index is 0.0618. The summed E-state index contributed by atoms with van der Waals surface area (Å²) in [4.78, 5) is 36.9. The van der Waals surface area contributed by atoms with Crippen molar-refractivity contribution in [2.45, 2.75) is 0 Å². The summed E-state index contributed by atoms with van der Waals surface area (Å²) >= 11 is -3.63. The minimum Gasteiger partial charge on any atom is -0.547 e. The van der Waals surface area contributed by atoms with Gasteiger partial charge in [-0.05, 0) is 71.3 Å². The molecule has 186 valence electrons. The summed E-state index contributed by atoms with van der Waals surface area (Å²) in [5.41, 5.74) is 1.78. The van der Waals surface area contributed by atoms with Gasteiger partial charge in [0.15, 0.2) is 0 Å². The van der Waals surface area contributed by atoms with Crippen molar-refractivity contribution in [1.82, 2.24) is 0 Å². The Bertz CT molecular complexity index is 1140. The van der Waals surface area contributed by atoms with Gasteiger partial charge in [0.05, 0.1) is 0 Å². The summed E-state index contributed by atoms with van der Waals surface area (Å²) in [5, 5.41) is 28.0. The third-order valence-electron chi connectivity index (χ3n) is 4.55. The molecule has 0 aliphatic carbocycles. The highest BCUT2D eigenvalue weighted by Crippen LogP contribution is 2.13. The molecule has 37 heavy (non-hydrogen) atoms. The molecule has 3 rings (SSSR count). The van der Waals surface area contributed by atoms with Crippen LogP contribution in [0.3, 0.4) is 0 Å². The van der Waals surface area contributed by atoms with E-state index in [0.717, 1.165) is 18.2 Å². The molecule has 0 aliphatic heterocycles. The maximum absolute atomic E-state index is 12.3. The van der Waals surface area contributed by atoms with Crippen molar-refractivity contribution in [2.24, 2.45) is 0 Å². The molecule has 0 saturated heterocycles. The number of carbonyl (C=O) groups is 3. The fourth-order valence-electron chi connectivity index (χ4n) is 2.72. The molecular weight excluding hydrogens is 495 g/mol. The normalized spacial score (nSPS) is 11.0. The Hall–Kier alpha value is -4.78. The van der Waals surface area contributed by atoms with Crippen LogP contribution < -0.4 is 0 Å². The van der Waals surface area contributed by atoms with Crippen LogP contribution in [0.5, 0.6) is 17.2 Å². The number of phenols is 3. The monoisotopic (exact) mass is 516 g/mol. The Morgan fingerprint density at radius 3 is 0.973 bits per heavy atom. The van der Waals surface area contributed by atoms with E-state index in [9.17, 15) is 29.7 Å². The van der Waals surface area contributed by atoms with Gasteiger partial charge in [0.25, 0.3) is 17.9 Å². The van der Waals surface area contributed by atoms with Gasteiger partial charge in [-0.1, -0.05) is 36.4 Å². The van der Waals surface area contributed by atoms with Crippen molar-refractivity contribution in [1.29, 1.82) is 0 Å². The molecule has 0 bridgehead atoms. The van der Waals surface area contributed by atoms with Crippen molar-refractivity contribution < 1.29 is 41.1 Å². The molecule has 0 aliphatic rings. The Kier molecular flexibility index (Phi) is 9.68. The minimum atomic E-state index is -3.63. The Morgan fingerprint density at radius 2 is 0.730 bits per heavy atom. The zero-order valence-corrected chi connectivity index (χ0v) is 20.4. The Balaban J connectivity index is 1.67. The smallest absolute Gasteiger partial charge is 0.547 e. The molecule has 0 saturated carbocycles. The van der Waals surface area contributed by atoms with Crippen molar-refractivity contribution in [3.05, 3.63) is 108 Å². The predicted octanol–water partition coefficient (Wildman–Crippen LogP) is 3.86. The van der Waals surface area contributed by atoms with Crippen molar-refractivity contribution in [2.75, 3.05) is 0 Å². The summed E-state index contributed by atoms with van der Waals surface area (Å²) in [6.07, 6.45) is 7.41. The van der Waals surface area contributed by atoms with Gasteiger partial charge in [-0.25, -0.2) is 0 Å². The maximum Gasteiger partial charge on any atom is 1.20 e. The van der Waals surface area contributed by atoms with Gasteiger partial charge in [-0.15, -0.1) is 0 Å². The molecule has 0 aromatic heterocycles. The average molecular weight is 516 g/mol. The zero-order valence-electron chi connectivity index (χ0n) is 19.3. The second kappa shape index (κ2) is 13.3. The fourth-order valence-corrected chi connectivity index (χ4v) is 3.67.